The smallest absolute Gasteiger partial charge is 0.165 e. The Bertz CT molecular complexity index is 401. The van der Waals surface area contributed by atoms with Gasteiger partial charge in [-0.1, -0.05) is 6.07 Å². The molecule has 0 saturated carbocycles. The summed E-state index contributed by atoms with van der Waals surface area (Å²) in [5.41, 5.74) is 0.00335. The van der Waals surface area contributed by atoms with Crippen molar-refractivity contribution in [1.82, 2.24) is 5.32 Å². The zero-order valence-corrected chi connectivity index (χ0v) is 11.6. The second kappa shape index (κ2) is 5.67. The Balaban J connectivity index is 2.79. The van der Waals surface area contributed by atoms with E-state index < -0.39 is 5.60 Å². The van der Waals surface area contributed by atoms with Crippen LogP contribution in [0.1, 0.15) is 39.3 Å². The lowest BCUT2D eigenvalue weighted by Gasteiger charge is -2.30. The van der Waals surface area contributed by atoms with Gasteiger partial charge in [-0.15, -0.1) is 0 Å². The first kappa shape index (κ1) is 14.9. The Morgan fingerprint density at radius 3 is 2.39 bits per heavy atom. The summed E-state index contributed by atoms with van der Waals surface area (Å²) in [5.74, 6) is -0.138. The van der Waals surface area contributed by atoms with Crippen molar-refractivity contribution in [3.05, 3.63) is 29.6 Å². The summed E-state index contributed by atoms with van der Waals surface area (Å²) in [4.78, 5) is 0. The van der Waals surface area contributed by atoms with E-state index in [9.17, 15) is 9.50 Å². The van der Waals surface area contributed by atoms with E-state index in [0.717, 1.165) is 5.56 Å². The van der Waals surface area contributed by atoms with Crippen LogP contribution in [0.5, 0.6) is 5.75 Å². The maximum absolute atomic E-state index is 13.6. The molecular formula is C14H22FNO2. The molecule has 0 heterocycles. The molecule has 1 aromatic carbocycles. The van der Waals surface area contributed by atoms with Crippen LogP contribution in [0.2, 0.25) is 0 Å². The molecule has 3 nitrogen and oxygen atoms in total. The molecule has 102 valence electrons. The van der Waals surface area contributed by atoms with E-state index in [2.05, 4.69) is 5.32 Å². The average Bonchev–Trinajstić information content (AvgIpc) is 2.27. The highest BCUT2D eigenvalue weighted by Gasteiger charge is 2.24. The highest BCUT2D eigenvalue weighted by Crippen LogP contribution is 2.23. The van der Waals surface area contributed by atoms with Gasteiger partial charge < -0.3 is 15.2 Å². The van der Waals surface area contributed by atoms with Crippen LogP contribution >= 0.6 is 0 Å². The third-order valence-electron chi connectivity index (χ3n) is 3.24. The molecule has 18 heavy (non-hydrogen) atoms. The normalized spacial score (nSPS) is 15.3. The molecule has 0 radical (unpaired) electrons. The van der Waals surface area contributed by atoms with Crippen molar-refractivity contribution in [2.24, 2.45) is 0 Å². The van der Waals surface area contributed by atoms with Crippen molar-refractivity contribution in [3.8, 4) is 5.75 Å². The summed E-state index contributed by atoms with van der Waals surface area (Å²) in [5, 5.41) is 13.1. The molecule has 1 aromatic rings. The Hall–Kier alpha value is -1.13. The van der Waals surface area contributed by atoms with Gasteiger partial charge in [-0.25, -0.2) is 4.39 Å². The third-order valence-corrected chi connectivity index (χ3v) is 3.24. The van der Waals surface area contributed by atoms with Crippen LogP contribution < -0.4 is 10.1 Å². The molecular weight excluding hydrogens is 233 g/mol. The molecule has 4 heteroatoms. The van der Waals surface area contributed by atoms with Gasteiger partial charge in [0.05, 0.1) is 12.7 Å². The van der Waals surface area contributed by atoms with Crippen LogP contribution in [-0.2, 0) is 0 Å². The maximum atomic E-state index is 13.6. The number of ether oxygens (including phenoxy) is 1. The SMILES string of the molecule is COc1ccc(C(C)NC(C)C(C)(C)O)cc1F. The number of benzene rings is 1. The van der Waals surface area contributed by atoms with Gasteiger partial charge in [-0.2, -0.15) is 0 Å². The van der Waals surface area contributed by atoms with Crippen molar-refractivity contribution in [3.63, 3.8) is 0 Å². The average molecular weight is 255 g/mol. The molecule has 0 amide bonds. The summed E-state index contributed by atoms with van der Waals surface area (Å²) >= 11 is 0. The van der Waals surface area contributed by atoms with Crippen molar-refractivity contribution in [2.45, 2.75) is 45.4 Å². The summed E-state index contributed by atoms with van der Waals surface area (Å²) in [6.07, 6.45) is 0. The molecule has 2 unspecified atom stereocenters. The Labute approximate surface area is 108 Å². The lowest BCUT2D eigenvalue weighted by molar-refractivity contribution is 0.0405. The van der Waals surface area contributed by atoms with Crippen LogP contribution in [-0.4, -0.2) is 23.9 Å². The first-order valence-electron chi connectivity index (χ1n) is 6.07. The van der Waals surface area contributed by atoms with Crippen molar-refractivity contribution >= 4 is 0 Å². The van der Waals surface area contributed by atoms with Gasteiger partial charge in [0, 0.05) is 12.1 Å². The van der Waals surface area contributed by atoms with Crippen LogP contribution in [0.25, 0.3) is 0 Å². The van der Waals surface area contributed by atoms with E-state index in [-0.39, 0.29) is 23.7 Å². The Kier molecular flexibility index (Phi) is 4.71. The second-order valence-electron chi connectivity index (χ2n) is 5.16. The number of rotatable bonds is 5. The Morgan fingerprint density at radius 1 is 1.33 bits per heavy atom. The van der Waals surface area contributed by atoms with Gasteiger partial charge in [0.15, 0.2) is 11.6 Å². The highest BCUT2D eigenvalue weighted by atomic mass is 19.1. The van der Waals surface area contributed by atoms with Crippen LogP contribution in [0.15, 0.2) is 18.2 Å². The molecule has 0 bridgehead atoms. The van der Waals surface area contributed by atoms with E-state index in [4.69, 9.17) is 4.74 Å². The van der Waals surface area contributed by atoms with Gasteiger partial charge in [0.25, 0.3) is 0 Å². The number of nitrogens with one attached hydrogen (secondary N) is 1. The number of hydrogen-bond acceptors (Lipinski definition) is 3. The quantitative estimate of drug-likeness (QED) is 0.850. The molecule has 0 aliphatic rings. The standard InChI is InChI=1S/C14H22FNO2/c1-9(16-10(2)14(3,4)17)11-6-7-13(18-5)12(15)8-11/h6-10,16-17H,1-5H3. The minimum Gasteiger partial charge on any atom is -0.494 e. The van der Waals surface area contributed by atoms with Crippen molar-refractivity contribution < 1.29 is 14.2 Å². The van der Waals surface area contributed by atoms with E-state index in [1.54, 1.807) is 19.9 Å². The maximum Gasteiger partial charge on any atom is 0.165 e. The van der Waals surface area contributed by atoms with Crippen LogP contribution in [0.3, 0.4) is 0 Å². The molecule has 0 saturated heterocycles. The number of hydrogen-bond donors (Lipinski definition) is 2. The first-order valence-corrected chi connectivity index (χ1v) is 6.07. The molecule has 1 rings (SSSR count). The zero-order valence-electron chi connectivity index (χ0n) is 11.6. The lowest BCUT2D eigenvalue weighted by Crippen LogP contribution is -2.45. The van der Waals surface area contributed by atoms with E-state index >= 15 is 0 Å². The number of halogens is 1. The first-order chi connectivity index (χ1) is 8.25. The molecule has 2 atom stereocenters. The number of methoxy groups -OCH3 is 1. The molecule has 0 spiro atoms. The third kappa shape index (κ3) is 3.68. The topological polar surface area (TPSA) is 41.5 Å². The van der Waals surface area contributed by atoms with E-state index in [1.807, 2.05) is 19.9 Å². The minimum atomic E-state index is -0.820. The predicted octanol–water partition coefficient (Wildman–Crippen LogP) is 2.64. The molecule has 0 aliphatic heterocycles. The fourth-order valence-corrected chi connectivity index (χ4v) is 1.63. The molecule has 2 N–H and O–H groups in total. The monoisotopic (exact) mass is 255 g/mol. The van der Waals surface area contributed by atoms with Gasteiger partial charge >= 0.3 is 0 Å². The van der Waals surface area contributed by atoms with Crippen molar-refractivity contribution in [2.75, 3.05) is 7.11 Å². The van der Waals surface area contributed by atoms with Gasteiger partial charge in [0.1, 0.15) is 0 Å². The molecule has 0 fully saturated rings. The Morgan fingerprint density at radius 2 is 1.94 bits per heavy atom. The summed E-state index contributed by atoms with van der Waals surface area (Å²) < 4.78 is 18.5. The van der Waals surface area contributed by atoms with Gasteiger partial charge in [-0.05, 0) is 45.4 Å². The largest absolute Gasteiger partial charge is 0.494 e. The fraction of sp³-hybridized carbons (Fsp3) is 0.571. The highest BCUT2D eigenvalue weighted by molar-refractivity contribution is 5.30. The van der Waals surface area contributed by atoms with Crippen molar-refractivity contribution in [1.29, 1.82) is 0 Å². The molecule has 0 aromatic heterocycles. The number of aliphatic hydroxyl groups is 1. The van der Waals surface area contributed by atoms with E-state index in [0.29, 0.717) is 0 Å². The summed E-state index contributed by atoms with van der Waals surface area (Å²) in [6.45, 7) is 7.32. The fourth-order valence-electron chi connectivity index (χ4n) is 1.63. The van der Waals surface area contributed by atoms with Gasteiger partial charge in [-0.3, -0.25) is 0 Å². The molecule has 0 aliphatic carbocycles. The van der Waals surface area contributed by atoms with E-state index in [1.165, 1.54) is 13.2 Å². The van der Waals surface area contributed by atoms with Gasteiger partial charge in [0.2, 0.25) is 0 Å². The lowest BCUT2D eigenvalue weighted by atomic mass is 9.98. The zero-order chi connectivity index (χ0) is 13.9. The van der Waals surface area contributed by atoms with Crippen LogP contribution in [0, 0.1) is 5.82 Å². The summed E-state index contributed by atoms with van der Waals surface area (Å²) in [7, 11) is 1.44. The van der Waals surface area contributed by atoms with Crippen LogP contribution in [0.4, 0.5) is 4.39 Å². The summed E-state index contributed by atoms with van der Waals surface area (Å²) in [6, 6.07) is 4.73. The predicted molar refractivity (Wildman–Crippen MR) is 70.3 cm³/mol. The second-order valence-corrected chi connectivity index (χ2v) is 5.16. The minimum absolute atomic E-state index is 0.0492.